The van der Waals surface area contributed by atoms with Crippen LogP contribution in [0, 0.1) is 0 Å². The Hall–Kier alpha value is -3.39. The summed E-state index contributed by atoms with van der Waals surface area (Å²) in [4.78, 5) is 39.0. The highest BCUT2D eigenvalue weighted by Gasteiger charge is 2.52. The molecule has 2 N–H and O–H groups in total. The van der Waals surface area contributed by atoms with Crippen molar-refractivity contribution < 1.29 is 23.9 Å². The van der Waals surface area contributed by atoms with Gasteiger partial charge in [-0.25, -0.2) is 4.79 Å². The first kappa shape index (κ1) is 19.9. The number of hydrogen-bond donors (Lipinski definition) is 2. The van der Waals surface area contributed by atoms with Crippen LogP contribution in [0.15, 0.2) is 60.7 Å². The number of alkyl carbamates (subject to hydrolysis) is 1. The van der Waals surface area contributed by atoms with E-state index in [9.17, 15) is 14.4 Å². The van der Waals surface area contributed by atoms with Crippen molar-refractivity contribution >= 4 is 17.9 Å². The molecule has 2 saturated heterocycles. The van der Waals surface area contributed by atoms with Gasteiger partial charge in [0.05, 0.1) is 6.61 Å². The first-order chi connectivity index (χ1) is 14.6. The second kappa shape index (κ2) is 8.96. The zero-order chi connectivity index (χ0) is 20.9. The molecule has 4 rings (SSSR count). The van der Waals surface area contributed by atoms with E-state index in [2.05, 4.69) is 10.6 Å². The van der Waals surface area contributed by atoms with Gasteiger partial charge in [0.25, 0.3) is 5.91 Å². The summed E-state index contributed by atoms with van der Waals surface area (Å²) in [6.07, 6.45) is -0.860. The van der Waals surface area contributed by atoms with E-state index in [4.69, 9.17) is 9.47 Å². The maximum atomic E-state index is 12.9. The van der Waals surface area contributed by atoms with Crippen LogP contribution in [0.4, 0.5) is 4.79 Å². The largest absolute Gasteiger partial charge is 0.445 e. The van der Waals surface area contributed by atoms with Gasteiger partial charge in [-0.05, 0) is 11.1 Å². The molecule has 30 heavy (non-hydrogen) atoms. The van der Waals surface area contributed by atoms with E-state index in [0.29, 0.717) is 13.2 Å². The third-order valence-electron chi connectivity index (χ3n) is 5.16. The monoisotopic (exact) mass is 409 g/mol. The minimum atomic E-state index is -0.890. The maximum absolute atomic E-state index is 12.9. The van der Waals surface area contributed by atoms with E-state index in [1.807, 2.05) is 60.7 Å². The van der Waals surface area contributed by atoms with E-state index in [1.54, 1.807) is 4.90 Å². The van der Waals surface area contributed by atoms with Crippen LogP contribution in [0.5, 0.6) is 0 Å². The lowest BCUT2D eigenvalue weighted by Crippen LogP contribution is -2.70. The summed E-state index contributed by atoms with van der Waals surface area (Å²) in [5.74, 6) is -0.625. The Morgan fingerprint density at radius 1 is 1.07 bits per heavy atom. The number of β-lactam (4-membered cyclic amide) rings is 1. The minimum Gasteiger partial charge on any atom is -0.445 e. The summed E-state index contributed by atoms with van der Waals surface area (Å²) in [7, 11) is 0. The van der Waals surface area contributed by atoms with Gasteiger partial charge >= 0.3 is 6.09 Å². The maximum Gasteiger partial charge on any atom is 0.408 e. The third-order valence-corrected chi connectivity index (χ3v) is 5.16. The highest BCUT2D eigenvalue weighted by molar-refractivity contribution is 5.95. The molecule has 0 saturated carbocycles. The molecule has 0 bridgehead atoms. The van der Waals surface area contributed by atoms with E-state index >= 15 is 0 Å². The molecule has 8 heteroatoms. The van der Waals surface area contributed by atoms with Gasteiger partial charge in [-0.2, -0.15) is 0 Å². The van der Waals surface area contributed by atoms with Gasteiger partial charge in [0.2, 0.25) is 5.91 Å². The van der Waals surface area contributed by atoms with Gasteiger partial charge < -0.3 is 25.0 Å². The fourth-order valence-electron chi connectivity index (χ4n) is 3.57. The van der Waals surface area contributed by atoms with Gasteiger partial charge in [-0.1, -0.05) is 60.7 Å². The summed E-state index contributed by atoms with van der Waals surface area (Å²) in [5, 5.41) is 5.34. The Morgan fingerprint density at radius 3 is 2.43 bits per heavy atom. The predicted octanol–water partition coefficient (Wildman–Crippen LogP) is 1.21. The van der Waals surface area contributed by atoms with E-state index in [1.165, 1.54) is 0 Å². The fraction of sp³-hybridized carbons (Fsp3) is 0.318. The first-order valence-corrected chi connectivity index (χ1v) is 9.85. The third kappa shape index (κ3) is 4.44. The summed E-state index contributed by atoms with van der Waals surface area (Å²) in [6.45, 7) is 1.09. The molecule has 0 aliphatic carbocycles. The molecule has 156 valence electrons. The zero-order valence-corrected chi connectivity index (χ0v) is 16.3. The quantitative estimate of drug-likeness (QED) is 0.670. The molecular weight excluding hydrogens is 386 g/mol. The van der Waals surface area contributed by atoms with Crippen molar-refractivity contribution in [3.05, 3.63) is 71.8 Å². The van der Waals surface area contributed by atoms with Gasteiger partial charge in [-0.15, -0.1) is 0 Å². The molecule has 8 nitrogen and oxygen atoms in total. The Morgan fingerprint density at radius 2 is 1.73 bits per heavy atom. The van der Waals surface area contributed by atoms with E-state index in [0.717, 1.165) is 11.1 Å². The van der Waals surface area contributed by atoms with Crippen molar-refractivity contribution in [2.75, 3.05) is 13.2 Å². The van der Waals surface area contributed by atoms with Gasteiger partial charge in [-0.3, -0.25) is 9.59 Å². The molecule has 2 unspecified atom stereocenters. The van der Waals surface area contributed by atoms with Crippen LogP contribution >= 0.6 is 0 Å². The van der Waals surface area contributed by atoms with Crippen molar-refractivity contribution in [2.45, 2.75) is 31.3 Å². The Labute approximate surface area is 174 Å². The summed E-state index contributed by atoms with van der Waals surface area (Å²) < 4.78 is 10.7. The van der Waals surface area contributed by atoms with E-state index in [-0.39, 0.29) is 18.9 Å². The summed E-state index contributed by atoms with van der Waals surface area (Å²) in [6, 6.07) is 17.0. The average molecular weight is 409 g/mol. The van der Waals surface area contributed by atoms with Crippen molar-refractivity contribution in [3.63, 3.8) is 0 Å². The van der Waals surface area contributed by atoms with Crippen LogP contribution in [0.25, 0.3) is 0 Å². The summed E-state index contributed by atoms with van der Waals surface area (Å²) in [5.41, 5.74) is 1.72. The highest BCUT2D eigenvalue weighted by atomic mass is 16.5. The van der Waals surface area contributed by atoms with Crippen LogP contribution in [-0.4, -0.2) is 54.3 Å². The number of fused-ring (bicyclic) bond motifs is 1. The molecule has 3 amide bonds. The zero-order valence-electron chi connectivity index (χ0n) is 16.3. The minimum absolute atomic E-state index is 0.0956. The number of ether oxygens (including phenoxy) is 2. The standard InChI is InChI=1S/C22H23N3O5/c26-19(24-18-20(27)25-11-12-29-21(18)25)17(13-15-7-3-1-4-8-15)23-22(28)30-14-16-9-5-2-6-10-16/h1-10,17-18,21H,11-14H2,(H,23,28)(H,24,26)/t17-,18?,21?/m0/s1. The SMILES string of the molecule is O=C(N[C@@H](Cc1ccccc1)C(=O)NC1C(=O)N2CCOC12)OCc1ccccc1. The lowest BCUT2D eigenvalue weighted by atomic mass is 10.0. The Balaban J connectivity index is 1.39. The molecule has 2 fully saturated rings. The van der Waals surface area contributed by atoms with Gasteiger partial charge in [0.1, 0.15) is 12.6 Å². The molecule has 2 aliphatic heterocycles. The van der Waals surface area contributed by atoms with Gasteiger partial charge in [0.15, 0.2) is 12.3 Å². The van der Waals surface area contributed by atoms with Crippen molar-refractivity contribution in [2.24, 2.45) is 0 Å². The van der Waals surface area contributed by atoms with E-state index < -0.39 is 30.3 Å². The molecule has 0 radical (unpaired) electrons. The molecule has 2 aromatic carbocycles. The second-order valence-electron chi connectivity index (χ2n) is 7.23. The van der Waals surface area contributed by atoms with Crippen molar-refractivity contribution in [1.82, 2.24) is 15.5 Å². The predicted molar refractivity (Wildman–Crippen MR) is 107 cm³/mol. The lowest BCUT2D eigenvalue weighted by molar-refractivity contribution is -0.165. The molecule has 3 atom stereocenters. The number of carbonyl (C=O) groups is 3. The number of rotatable bonds is 7. The van der Waals surface area contributed by atoms with Crippen molar-refractivity contribution in [3.8, 4) is 0 Å². The lowest BCUT2D eigenvalue weighted by Gasteiger charge is -2.41. The number of benzene rings is 2. The Bertz CT molecular complexity index is 906. The number of amides is 3. The number of hydrogen-bond acceptors (Lipinski definition) is 5. The molecule has 2 aromatic rings. The molecular formula is C22H23N3O5. The summed E-state index contributed by atoms with van der Waals surface area (Å²) >= 11 is 0. The smallest absolute Gasteiger partial charge is 0.408 e. The van der Waals surface area contributed by atoms with Crippen molar-refractivity contribution in [1.29, 1.82) is 0 Å². The first-order valence-electron chi connectivity index (χ1n) is 9.85. The van der Waals surface area contributed by atoms with Crippen LogP contribution < -0.4 is 10.6 Å². The molecule has 0 spiro atoms. The molecule has 2 heterocycles. The van der Waals surface area contributed by atoms with Crippen LogP contribution in [0.3, 0.4) is 0 Å². The Kier molecular flexibility index (Phi) is 5.94. The number of carbonyl (C=O) groups excluding carboxylic acids is 3. The second-order valence-corrected chi connectivity index (χ2v) is 7.23. The van der Waals surface area contributed by atoms with Crippen LogP contribution in [0.1, 0.15) is 11.1 Å². The van der Waals surface area contributed by atoms with Gasteiger partial charge in [0, 0.05) is 13.0 Å². The molecule has 2 aliphatic rings. The van der Waals surface area contributed by atoms with Crippen LogP contribution in [0.2, 0.25) is 0 Å². The normalized spacial score (nSPS) is 20.7. The number of nitrogens with one attached hydrogen (secondary N) is 2. The molecule has 0 aromatic heterocycles. The average Bonchev–Trinajstić information content (AvgIpc) is 3.22. The highest BCUT2D eigenvalue weighted by Crippen LogP contribution is 2.25. The van der Waals surface area contributed by atoms with Crippen LogP contribution in [-0.2, 0) is 32.1 Å². The topological polar surface area (TPSA) is 97.0 Å². The fourth-order valence-corrected chi connectivity index (χ4v) is 3.57. The number of nitrogens with zero attached hydrogens (tertiary/aromatic N) is 1.